The van der Waals surface area contributed by atoms with E-state index in [0.717, 1.165) is 56.8 Å². The molecular formula is C19H29N5O. The number of hydrogen-bond donors (Lipinski definition) is 0. The number of fused-ring (bicyclic) bond motifs is 1. The summed E-state index contributed by atoms with van der Waals surface area (Å²) in [6.07, 6.45) is 6.60. The van der Waals surface area contributed by atoms with E-state index in [1.165, 1.54) is 0 Å². The molecule has 0 amide bonds. The van der Waals surface area contributed by atoms with Gasteiger partial charge in [0.25, 0.3) is 5.56 Å². The predicted molar refractivity (Wildman–Crippen MR) is 101 cm³/mol. The van der Waals surface area contributed by atoms with Gasteiger partial charge in [0.2, 0.25) is 0 Å². The normalized spacial score (nSPS) is 18.4. The van der Waals surface area contributed by atoms with Gasteiger partial charge in [0, 0.05) is 38.6 Å². The van der Waals surface area contributed by atoms with E-state index < -0.39 is 0 Å². The fraction of sp³-hybridized carbons (Fsp3) is 0.632. The van der Waals surface area contributed by atoms with E-state index in [4.69, 9.17) is 4.98 Å². The molecule has 6 heteroatoms. The van der Waals surface area contributed by atoms with Crippen molar-refractivity contribution in [2.75, 3.05) is 33.2 Å². The molecule has 3 heterocycles. The molecule has 1 unspecified atom stereocenters. The molecule has 0 saturated carbocycles. The maximum absolute atomic E-state index is 12.9. The molecule has 136 valence electrons. The average molecular weight is 343 g/mol. The standard InChI is InChI=1S/C19H29N5O/c1-4-7-17(23-11-6-10-22(3)12-13-23)18-21-16-8-9-20-14-15(16)19(25)24(18)5-2/h8-9,14,17H,4-7,10-13H2,1-3H3. The Morgan fingerprint density at radius 2 is 2.04 bits per heavy atom. The van der Waals surface area contributed by atoms with Crippen LogP contribution in [0.25, 0.3) is 10.9 Å². The molecule has 3 rings (SSSR count). The van der Waals surface area contributed by atoms with Crippen molar-refractivity contribution >= 4 is 10.9 Å². The van der Waals surface area contributed by atoms with E-state index in [0.29, 0.717) is 11.9 Å². The summed E-state index contributed by atoms with van der Waals surface area (Å²) in [4.78, 5) is 26.9. The zero-order chi connectivity index (χ0) is 17.8. The molecule has 25 heavy (non-hydrogen) atoms. The topological polar surface area (TPSA) is 54.3 Å². The Bertz CT molecular complexity index is 772. The molecule has 0 spiro atoms. The van der Waals surface area contributed by atoms with Crippen molar-refractivity contribution in [1.29, 1.82) is 0 Å². The summed E-state index contributed by atoms with van der Waals surface area (Å²) in [5.74, 6) is 0.914. The number of nitrogens with zero attached hydrogens (tertiary/aromatic N) is 5. The highest BCUT2D eigenvalue weighted by atomic mass is 16.1. The number of likely N-dealkylation sites (N-methyl/N-ethyl adjacent to an activating group) is 1. The molecule has 1 fully saturated rings. The summed E-state index contributed by atoms with van der Waals surface area (Å²) < 4.78 is 1.85. The largest absolute Gasteiger partial charge is 0.305 e. The van der Waals surface area contributed by atoms with Crippen LogP contribution in [-0.2, 0) is 6.54 Å². The van der Waals surface area contributed by atoms with Gasteiger partial charge in [0.05, 0.1) is 16.9 Å². The van der Waals surface area contributed by atoms with E-state index in [2.05, 4.69) is 28.8 Å². The predicted octanol–water partition coefficient (Wildman–Crippen LogP) is 2.29. The first-order valence-corrected chi connectivity index (χ1v) is 9.42. The first-order valence-electron chi connectivity index (χ1n) is 9.42. The Labute approximate surface area is 149 Å². The van der Waals surface area contributed by atoms with Gasteiger partial charge in [0.15, 0.2) is 0 Å². The van der Waals surface area contributed by atoms with Crippen LogP contribution in [0.15, 0.2) is 23.3 Å². The van der Waals surface area contributed by atoms with Crippen LogP contribution in [0.3, 0.4) is 0 Å². The summed E-state index contributed by atoms with van der Waals surface area (Å²) in [5.41, 5.74) is 0.788. The van der Waals surface area contributed by atoms with Crippen LogP contribution in [0.2, 0.25) is 0 Å². The molecule has 0 radical (unpaired) electrons. The fourth-order valence-corrected chi connectivity index (χ4v) is 3.77. The van der Waals surface area contributed by atoms with Gasteiger partial charge in [-0.3, -0.25) is 19.2 Å². The van der Waals surface area contributed by atoms with Crippen LogP contribution in [-0.4, -0.2) is 57.6 Å². The summed E-state index contributed by atoms with van der Waals surface area (Å²) in [7, 11) is 2.18. The monoisotopic (exact) mass is 343 g/mol. The molecule has 0 aromatic carbocycles. The maximum Gasteiger partial charge on any atom is 0.262 e. The number of aromatic nitrogens is 3. The van der Waals surface area contributed by atoms with Gasteiger partial charge in [-0.1, -0.05) is 13.3 Å². The SMILES string of the molecule is CCCC(c1nc2ccncc2c(=O)n1CC)N1CCCN(C)CC1. The van der Waals surface area contributed by atoms with Gasteiger partial charge in [-0.15, -0.1) is 0 Å². The van der Waals surface area contributed by atoms with Crippen LogP contribution in [0.5, 0.6) is 0 Å². The lowest BCUT2D eigenvalue weighted by Gasteiger charge is -2.31. The quantitative estimate of drug-likeness (QED) is 0.834. The minimum atomic E-state index is 0.0312. The van der Waals surface area contributed by atoms with E-state index in [1.807, 2.05) is 17.6 Å². The fourth-order valence-electron chi connectivity index (χ4n) is 3.77. The summed E-state index contributed by atoms with van der Waals surface area (Å²) in [5, 5.41) is 0.610. The highest BCUT2D eigenvalue weighted by Crippen LogP contribution is 2.26. The molecule has 1 atom stereocenters. The van der Waals surface area contributed by atoms with Gasteiger partial charge in [0.1, 0.15) is 5.82 Å². The molecule has 6 nitrogen and oxygen atoms in total. The van der Waals surface area contributed by atoms with Crippen molar-refractivity contribution in [2.45, 2.75) is 45.7 Å². The van der Waals surface area contributed by atoms with Gasteiger partial charge in [-0.2, -0.15) is 0 Å². The molecule has 0 aliphatic carbocycles. The Hall–Kier alpha value is -1.79. The molecule has 1 saturated heterocycles. The molecular weight excluding hydrogens is 314 g/mol. The lowest BCUT2D eigenvalue weighted by Crippen LogP contribution is -2.37. The van der Waals surface area contributed by atoms with Crippen molar-refractivity contribution < 1.29 is 0 Å². The first kappa shape index (κ1) is 18.0. The molecule has 1 aliphatic rings. The summed E-state index contributed by atoms with van der Waals surface area (Å²) in [6.45, 7) is 9.14. The van der Waals surface area contributed by atoms with Crippen molar-refractivity contribution in [3.8, 4) is 0 Å². The van der Waals surface area contributed by atoms with Crippen LogP contribution >= 0.6 is 0 Å². The minimum Gasteiger partial charge on any atom is -0.305 e. The third-order valence-electron chi connectivity index (χ3n) is 5.16. The van der Waals surface area contributed by atoms with Crippen LogP contribution in [0.1, 0.15) is 45.0 Å². The third-order valence-corrected chi connectivity index (χ3v) is 5.16. The summed E-state index contributed by atoms with van der Waals surface area (Å²) >= 11 is 0. The third kappa shape index (κ3) is 3.75. The minimum absolute atomic E-state index is 0.0312. The molecule has 1 aliphatic heterocycles. The van der Waals surface area contributed by atoms with Gasteiger partial charge in [-0.25, -0.2) is 4.98 Å². The van der Waals surface area contributed by atoms with E-state index in [9.17, 15) is 4.79 Å². The lowest BCUT2D eigenvalue weighted by atomic mass is 10.1. The second-order valence-electron chi connectivity index (χ2n) is 6.91. The zero-order valence-corrected chi connectivity index (χ0v) is 15.6. The van der Waals surface area contributed by atoms with Gasteiger partial charge in [-0.05, 0) is 39.4 Å². The Balaban J connectivity index is 2.07. The van der Waals surface area contributed by atoms with Crippen molar-refractivity contribution in [2.24, 2.45) is 0 Å². The lowest BCUT2D eigenvalue weighted by molar-refractivity contribution is 0.180. The van der Waals surface area contributed by atoms with Crippen LogP contribution in [0.4, 0.5) is 0 Å². The van der Waals surface area contributed by atoms with Crippen molar-refractivity contribution in [1.82, 2.24) is 24.3 Å². The molecule has 2 aromatic rings. The van der Waals surface area contributed by atoms with Gasteiger partial charge >= 0.3 is 0 Å². The van der Waals surface area contributed by atoms with Crippen LogP contribution < -0.4 is 5.56 Å². The highest BCUT2D eigenvalue weighted by molar-refractivity contribution is 5.76. The number of hydrogen-bond acceptors (Lipinski definition) is 5. The number of pyridine rings is 1. The number of rotatable bonds is 5. The van der Waals surface area contributed by atoms with Crippen LogP contribution in [0, 0.1) is 0 Å². The maximum atomic E-state index is 12.9. The van der Waals surface area contributed by atoms with Crippen molar-refractivity contribution in [3.05, 3.63) is 34.6 Å². The average Bonchev–Trinajstić information content (AvgIpc) is 2.84. The Morgan fingerprint density at radius 3 is 2.80 bits per heavy atom. The smallest absolute Gasteiger partial charge is 0.262 e. The first-order chi connectivity index (χ1) is 12.2. The van der Waals surface area contributed by atoms with E-state index in [1.54, 1.807) is 12.4 Å². The van der Waals surface area contributed by atoms with Crippen molar-refractivity contribution in [3.63, 3.8) is 0 Å². The molecule has 0 N–H and O–H groups in total. The molecule has 0 bridgehead atoms. The highest BCUT2D eigenvalue weighted by Gasteiger charge is 2.26. The van der Waals surface area contributed by atoms with E-state index >= 15 is 0 Å². The van der Waals surface area contributed by atoms with E-state index in [-0.39, 0.29) is 11.6 Å². The zero-order valence-electron chi connectivity index (χ0n) is 15.6. The summed E-state index contributed by atoms with van der Waals surface area (Å²) in [6, 6.07) is 2.04. The van der Waals surface area contributed by atoms with Gasteiger partial charge < -0.3 is 4.90 Å². The molecule has 2 aromatic heterocycles. The second-order valence-corrected chi connectivity index (χ2v) is 6.91. The Kier molecular flexibility index (Phi) is 5.81. The second kappa shape index (κ2) is 8.06. The Morgan fingerprint density at radius 1 is 1.20 bits per heavy atom.